The second kappa shape index (κ2) is 10.4. The number of anilines is 2. The van der Waals surface area contributed by atoms with E-state index in [0.29, 0.717) is 0 Å². The molecule has 1 N–H and O–H groups in total. The van der Waals surface area contributed by atoms with E-state index in [-0.39, 0.29) is 10.8 Å². The van der Waals surface area contributed by atoms with E-state index in [2.05, 4.69) is 143 Å². The molecule has 0 saturated carbocycles. The molecule has 0 radical (unpaired) electrons. The van der Waals surface area contributed by atoms with Crippen molar-refractivity contribution in [2.45, 2.75) is 62.2 Å². The molecule has 7 rings (SSSR count). The molecule has 1 aliphatic heterocycles. The predicted octanol–water partition coefficient (Wildman–Crippen LogP) is 12.1. The minimum absolute atomic E-state index is 0.00832. The summed E-state index contributed by atoms with van der Waals surface area (Å²) in [4.78, 5) is 7.41. The molecule has 0 unspecified atom stereocenters. The van der Waals surface area contributed by atoms with E-state index in [1.54, 1.807) is 11.3 Å². The van der Waals surface area contributed by atoms with Gasteiger partial charge in [-0.1, -0.05) is 95.8 Å². The number of aromatic nitrogens is 1. The van der Waals surface area contributed by atoms with Crippen LogP contribution < -0.4 is 5.32 Å². The van der Waals surface area contributed by atoms with Crippen LogP contribution in [0.2, 0.25) is 0 Å². The van der Waals surface area contributed by atoms with Crippen molar-refractivity contribution < 1.29 is 0 Å². The molecule has 0 saturated heterocycles. The second-order valence-electron chi connectivity index (χ2n) is 13.5. The Kier molecular flexibility index (Phi) is 6.76. The quantitative estimate of drug-likeness (QED) is 0.220. The third-order valence-corrected chi connectivity index (χ3v) is 10.4. The van der Waals surface area contributed by atoms with Gasteiger partial charge in [-0.3, -0.25) is 4.98 Å². The van der Waals surface area contributed by atoms with Gasteiger partial charge in [0.25, 0.3) is 0 Å². The molecule has 0 spiro atoms. The highest BCUT2D eigenvalue weighted by Crippen LogP contribution is 2.49. The molecule has 0 aliphatic carbocycles. The lowest BCUT2D eigenvalue weighted by molar-refractivity contribution is 0.589. The van der Waals surface area contributed by atoms with Crippen molar-refractivity contribution in [3.8, 4) is 33.5 Å². The van der Waals surface area contributed by atoms with E-state index in [4.69, 9.17) is 4.98 Å². The van der Waals surface area contributed by atoms with Crippen molar-refractivity contribution in [2.75, 3.05) is 5.32 Å². The van der Waals surface area contributed by atoms with Gasteiger partial charge < -0.3 is 5.32 Å². The number of hydrogen-bond acceptors (Lipinski definition) is 4. The first-order valence-corrected chi connectivity index (χ1v) is 16.6. The molecule has 43 heavy (non-hydrogen) atoms. The summed E-state index contributed by atoms with van der Waals surface area (Å²) < 4.78 is 1.24. The van der Waals surface area contributed by atoms with E-state index in [0.717, 1.165) is 11.4 Å². The van der Waals surface area contributed by atoms with Crippen LogP contribution >= 0.6 is 23.1 Å². The van der Waals surface area contributed by atoms with Crippen molar-refractivity contribution in [1.82, 2.24) is 4.98 Å². The van der Waals surface area contributed by atoms with Crippen LogP contribution in [0, 0.1) is 0 Å². The van der Waals surface area contributed by atoms with Crippen molar-refractivity contribution >= 4 is 44.6 Å². The molecule has 6 aromatic rings. The van der Waals surface area contributed by atoms with Gasteiger partial charge in [0.1, 0.15) is 0 Å². The first-order valence-electron chi connectivity index (χ1n) is 14.9. The lowest BCUT2D eigenvalue weighted by atomic mass is 9.81. The number of nitrogens with zero attached hydrogens (tertiary/aromatic N) is 1. The zero-order valence-corrected chi connectivity index (χ0v) is 27.2. The summed E-state index contributed by atoms with van der Waals surface area (Å²) in [5.74, 6) is 0. The average molecular weight is 597 g/mol. The first-order chi connectivity index (χ1) is 20.5. The summed E-state index contributed by atoms with van der Waals surface area (Å²) in [6.45, 7) is 13.8. The van der Waals surface area contributed by atoms with Crippen LogP contribution in [0.1, 0.15) is 52.7 Å². The molecule has 3 heterocycles. The molecule has 1 aliphatic rings. The zero-order valence-electron chi connectivity index (χ0n) is 25.6. The van der Waals surface area contributed by atoms with Crippen LogP contribution in [-0.2, 0) is 10.8 Å². The molecule has 0 fully saturated rings. The van der Waals surface area contributed by atoms with Gasteiger partial charge in [0.2, 0.25) is 0 Å². The molecule has 0 bridgehead atoms. The van der Waals surface area contributed by atoms with Crippen molar-refractivity contribution in [3.63, 3.8) is 0 Å². The molecule has 2 aromatic heterocycles. The summed E-state index contributed by atoms with van der Waals surface area (Å²) in [6, 6.07) is 33.7. The Morgan fingerprint density at radius 2 is 1.28 bits per heavy atom. The highest BCUT2D eigenvalue weighted by molar-refractivity contribution is 7.99. The third-order valence-electron chi connectivity index (χ3n) is 8.28. The van der Waals surface area contributed by atoms with E-state index in [1.807, 2.05) is 18.0 Å². The van der Waals surface area contributed by atoms with Crippen molar-refractivity contribution in [3.05, 3.63) is 114 Å². The van der Waals surface area contributed by atoms with Gasteiger partial charge in [-0.25, -0.2) is 0 Å². The van der Waals surface area contributed by atoms with Gasteiger partial charge in [0.15, 0.2) is 0 Å². The van der Waals surface area contributed by atoms with Crippen LogP contribution in [-0.4, -0.2) is 4.98 Å². The number of para-hydroxylation sites is 2. The lowest BCUT2D eigenvalue weighted by Crippen LogP contribution is -2.12. The highest BCUT2D eigenvalue weighted by atomic mass is 32.2. The fourth-order valence-corrected chi connectivity index (χ4v) is 7.67. The van der Waals surface area contributed by atoms with Gasteiger partial charge >= 0.3 is 0 Å². The Labute approximate surface area is 263 Å². The zero-order chi connectivity index (χ0) is 29.9. The smallest absolute Gasteiger partial charge is 0.0880 e. The van der Waals surface area contributed by atoms with Crippen LogP contribution in [0.4, 0.5) is 11.4 Å². The number of fused-ring (bicyclic) bond motifs is 3. The summed E-state index contributed by atoms with van der Waals surface area (Å²) >= 11 is 3.61. The molecule has 2 nitrogen and oxygen atoms in total. The maximum atomic E-state index is 4.90. The topological polar surface area (TPSA) is 24.9 Å². The molecule has 4 aromatic carbocycles. The van der Waals surface area contributed by atoms with E-state index < -0.39 is 0 Å². The number of benzene rings is 4. The maximum Gasteiger partial charge on any atom is 0.0880 e. The van der Waals surface area contributed by atoms with Crippen LogP contribution in [0.3, 0.4) is 0 Å². The Balaban J connectivity index is 1.43. The molecule has 0 atom stereocenters. The summed E-state index contributed by atoms with van der Waals surface area (Å²) in [6.07, 6.45) is 1.94. The van der Waals surface area contributed by atoms with Gasteiger partial charge in [0, 0.05) is 27.1 Å². The summed E-state index contributed by atoms with van der Waals surface area (Å²) in [7, 11) is 0. The van der Waals surface area contributed by atoms with Crippen LogP contribution in [0.15, 0.2) is 112 Å². The largest absolute Gasteiger partial charge is 0.353 e. The Bertz CT molecular complexity index is 2000. The summed E-state index contributed by atoms with van der Waals surface area (Å²) in [5, 5.41) is 7.18. The van der Waals surface area contributed by atoms with Crippen molar-refractivity contribution in [2.24, 2.45) is 0 Å². The number of hydrogen-bond donors (Lipinski definition) is 1. The molecular formula is C39H36N2S2. The molecule has 4 heteroatoms. The van der Waals surface area contributed by atoms with E-state index in [9.17, 15) is 0 Å². The maximum absolute atomic E-state index is 4.90. The number of rotatable bonds is 3. The Morgan fingerprint density at radius 1 is 0.628 bits per heavy atom. The number of nitrogens with one attached hydrogen (secondary N) is 1. The van der Waals surface area contributed by atoms with Gasteiger partial charge in [-0.2, -0.15) is 0 Å². The fourth-order valence-electron chi connectivity index (χ4n) is 5.74. The van der Waals surface area contributed by atoms with Crippen LogP contribution in [0.25, 0.3) is 43.6 Å². The molecule has 214 valence electrons. The van der Waals surface area contributed by atoms with Crippen LogP contribution in [0.5, 0.6) is 0 Å². The number of thiophene rings is 1. The normalized spacial score (nSPS) is 13.0. The average Bonchev–Trinajstić information content (AvgIpc) is 3.48. The molecule has 0 amide bonds. The lowest BCUT2D eigenvalue weighted by Gasteiger charge is -2.26. The predicted molar refractivity (Wildman–Crippen MR) is 187 cm³/mol. The monoisotopic (exact) mass is 596 g/mol. The van der Waals surface area contributed by atoms with Gasteiger partial charge in [-0.05, 0) is 97.9 Å². The fraction of sp³-hybridized carbons (Fsp3) is 0.205. The standard InChI is InChI=1S/C39H36N2S2/c1-38(2,3)29-20-25(18-27(22-29)31-10-9-13-34-36(31)41-32-11-7-8-12-33(32)43-34)26-19-28(23-30(21-26)39(4,5)6)35-37-24(14-16-40-35)15-17-42-37/h7-23,41H,1-6H3. The van der Waals surface area contributed by atoms with Gasteiger partial charge in [0.05, 0.1) is 21.8 Å². The second-order valence-corrected chi connectivity index (χ2v) is 15.5. The number of pyridine rings is 1. The Morgan fingerprint density at radius 3 is 2.02 bits per heavy atom. The molecular weight excluding hydrogens is 561 g/mol. The van der Waals surface area contributed by atoms with E-state index >= 15 is 0 Å². The summed E-state index contributed by atoms with van der Waals surface area (Å²) in [5.41, 5.74) is 12.1. The SMILES string of the molecule is CC(C)(C)c1cc(-c2cc(-c3nccc4ccsc34)cc(C(C)(C)C)c2)cc(-c2cccc3c2Nc2ccccc2S3)c1. The highest BCUT2D eigenvalue weighted by Gasteiger charge is 2.23. The minimum atomic E-state index is -0.0109. The first kappa shape index (κ1) is 27.9. The van der Waals surface area contributed by atoms with Gasteiger partial charge in [-0.15, -0.1) is 11.3 Å². The van der Waals surface area contributed by atoms with E-state index in [1.165, 1.54) is 64.5 Å². The third kappa shape index (κ3) is 5.28. The minimum Gasteiger partial charge on any atom is -0.353 e. The van der Waals surface area contributed by atoms with Crippen molar-refractivity contribution in [1.29, 1.82) is 0 Å². The Hall–Kier alpha value is -3.86.